The summed E-state index contributed by atoms with van der Waals surface area (Å²) in [7, 11) is 1.54. The third-order valence-corrected chi connectivity index (χ3v) is 3.58. The van der Waals surface area contributed by atoms with Crippen molar-refractivity contribution in [3.05, 3.63) is 53.1 Å². The third-order valence-electron chi connectivity index (χ3n) is 3.58. The second kappa shape index (κ2) is 5.33. The zero-order chi connectivity index (χ0) is 15.0. The molecule has 1 aromatic carbocycles. The lowest BCUT2D eigenvalue weighted by molar-refractivity contribution is 0.212. The van der Waals surface area contributed by atoms with Gasteiger partial charge in [-0.25, -0.2) is 4.39 Å². The first-order valence-electron chi connectivity index (χ1n) is 6.74. The normalized spacial score (nSPS) is 18.0. The van der Waals surface area contributed by atoms with Crippen molar-refractivity contribution >= 4 is 0 Å². The molecule has 3 rings (SSSR count). The lowest BCUT2D eigenvalue weighted by Crippen LogP contribution is -2.05. The molecule has 2 unspecified atom stereocenters. The van der Waals surface area contributed by atoms with Crippen LogP contribution in [0.1, 0.15) is 29.7 Å². The second-order valence-electron chi connectivity index (χ2n) is 5.17. The molecule has 2 atom stereocenters. The van der Waals surface area contributed by atoms with Gasteiger partial charge in [0.15, 0.2) is 0 Å². The first-order valence-corrected chi connectivity index (χ1v) is 6.74. The molecule has 1 aromatic heterocycles. The molecule has 1 N–H and O–H groups in total. The fourth-order valence-corrected chi connectivity index (χ4v) is 2.60. The molecule has 0 radical (unpaired) electrons. The van der Waals surface area contributed by atoms with Gasteiger partial charge in [0.1, 0.15) is 29.5 Å². The molecule has 0 amide bonds. The number of aliphatic hydroxyl groups is 1. The molecular weight excluding hydrogens is 273 g/mol. The minimum atomic E-state index is -1.02. The molecule has 110 valence electrons. The summed E-state index contributed by atoms with van der Waals surface area (Å²) in [5, 5.41) is 10.5. The van der Waals surface area contributed by atoms with Gasteiger partial charge in [-0.2, -0.15) is 0 Å². The first-order chi connectivity index (χ1) is 10.1. The number of benzene rings is 1. The van der Waals surface area contributed by atoms with Crippen LogP contribution in [0.2, 0.25) is 0 Å². The van der Waals surface area contributed by atoms with Gasteiger partial charge in [-0.05, 0) is 25.1 Å². The topological polar surface area (TPSA) is 51.6 Å². The van der Waals surface area contributed by atoms with Crippen LogP contribution in [-0.2, 0) is 6.42 Å². The van der Waals surface area contributed by atoms with E-state index in [1.54, 1.807) is 13.2 Å². The standard InChI is InChI=1S/C16H16FNO3/c1-9-3-10-5-15(20-2)13(6-14(10)21-9)16(19)11-4-12(17)8-18-7-11/h4-9,16,19H,3H2,1-2H3. The summed E-state index contributed by atoms with van der Waals surface area (Å²) in [6.07, 6.45) is 2.43. The van der Waals surface area contributed by atoms with Gasteiger partial charge in [-0.3, -0.25) is 4.98 Å². The fraction of sp³-hybridized carbons (Fsp3) is 0.312. The Hall–Kier alpha value is -2.14. The highest BCUT2D eigenvalue weighted by atomic mass is 19.1. The lowest BCUT2D eigenvalue weighted by Gasteiger charge is -2.16. The molecule has 4 nitrogen and oxygen atoms in total. The molecule has 0 saturated heterocycles. The first kappa shape index (κ1) is 13.8. The zero-order valence-electron chi connectivity index (χ0n) is 11.8. The Kier molecular flexibility index (Phi) is 3.51. The van der Waals surface area contributed by atoms with Gasteiger partial charge in [0.25, 0.3) is 0 Å². The predicted molar refractivity (Wildman–Crippen MR) is 75.0 cm³/mol. The summed E-state index contributed by atoms with van der Waals surface area (Å²) in [5.74, 6) is 0.807. The Bertz CT molecular complexity index is 675. The maximum absolute atomic E-state index is 13.3. The average molecular weight is 289 g/mol. The van der Waals surface area contributed by atoms with Gasteiger partial charge in [-0.1, -0.05) is 0 Å². The summed E-state index contributed by atoms with van der Waals surface area (Å²) < 4.78 is 24.3. The van der Waals surface area contributed by atoms with Crippen molar-refractivity contribution in [3.8, 4) is 11.5 Å². The number of methoxy groups -OCH3 is 1. The zero-order valence-corrected chi connectivity index (χ0v) is 11.8. The number of hydrogen-bond acceptors (Lipinski definition) is 4. The van der Waals surface area contributed by atoms with Crippen LogP contribution in [0.4, 0.5) is 4.39 Å². The predicted octanol–water partition coefficient (Wildman–Crippen LogP) is 2.63. The number of halogens is 1. The Morgan fingerprint density at radius 3 is 2.90 bits per heavy atom. The van der Waals surface area contributed by atoms with Gasteiger partial charge in [0, 0.05) is 29.3 Å². The molecular formula is C16H16FNO3. The van der Waals surface area contributed by atoms with E-state index in [1.165, 1.54) is 12.3 Å². The van der Waals surface area contributed by atoms with Crippen molar-refractivity contribution in [1.82, 2.24) is 4.98 Å². The summed E-state index contributed by atoms with van der Waals surface area (Å²) >= 11 is 0. The van der Waals surface area contributed by atoms with Crippen LogP contribution in [0.25, 0.3) is 0 Å². The quantitative estimate of drug-likeness (QED) is 0.943. The van der Waals surface area contributed by atoms with E-state index in [2.05, 4.69) is 4.98 Å². The Morgan fingerprint density at radius 1 is 1.38 bits per heavy atom. The molecule has 21 heavy (non-hydrogen) atoms. The number of hydrogen-bond donors (Lipinski definition) is 1. The Morgan fingerprint density at radius 2 is 2.19 bits per heavy atom. The van der Waals surface area contributed by atoms with Crippen LogP contribution in [0, 0.1) is 5.82 Å². The Labute approximate surface area is 122 Å². The van der Waals surface area contributed by atoms with Crippen molar-refractivity contribution in [1.29, 1.82) is 0 Å². The molecule has 0 bridgehead atoms. The Balaban J connectivity index is 2.03. The second-order valence-corrected chi connectivity index (χ2v) is 5.17. The molecule has 5 heteroatoms. The number of fused-ring (bicyclic) bond motifs is 1. The minimum absolute atomic E-state index is 0.105. The van der Waals surface area contributed by atoms with Crippen molar-refractivity contribution in [3.63, 3.8) is 0 Å². The number of nitrogens with zero attached hydrogens (tertiary/aromatic N) is 1. The summed E-state index contributed by atoms with van der Waals surface area (Å²) in [6, 6.07) is 4.88. The monoisotopic (exact) mass is 289 g/mol. The number of aliphatic hydroxyl groups excluding tert-OH is 1. The van der Waals surface area contributed by atoms with Gasteiger partial charge in [0.2, 0.25) is 0 Å². The molecule has 0 aliphatic carbocycles. The SMILES string of the molecule is COc1cc2c(cc1C(O)c1cncc(F)c1)OC(C)C2. The highest BCUT2D eigenvalue weighted by Gasteiger charge is 2.25. The van der Waals surface area contributed by atoms with Gasteiger partial charge < -0.3 is 14.6 Å². The molecule has 1 aliphatic heterocycles. The van der Waals surface area contributed by atoms with Crippen molar-refractivity contribution in [2.24, 2.45) is 0 Å². The molecule has 0 fully saturated rings. The fourth-order valence-electron chi connectivity index (χ4n) is 2.60. The van der Waals surface area contributed by atoms with Crippen LogP contribution >= 0.6 is 0 Å². The molecule has 0 spiro atoms. The van der Waals surface area contributed by atoms with Crippen LogP contribution < -0.4 is 9.47 Å². The molecule has 0 saturated carbocycles. The van der Waals surface area contributed by atoms with E-state index in [0.717, 1.165) is 23.9 Å². The van der Waals surface area contributed by atoms with Gasteiger partial charge in [0.05, 0.1) is 13.3 Å². The summed E-state index contributed by atoms with van der Waals surface area (Å²) in [4.78, 5) is 3.76. The van der Waals surface area contributed by atoms with Gasteiger partial charge >= 0.3 is 0 Å². The summed E-state index contributed by atoms with van der Waals surface area (Å²) in [6.45, 7) is 1.99. The van der Waals surface area contributed by atoms with Gasteiger partial charge in [-0.15, -0.1) is 0 Å². The van der Waals surface area contributed by atoms with E-state index in [4.69, 9.17) is 9.47 Å². The maximum Gasteiger partial charge on any atom is 0.141 e. The number of rotatable bonds is 3. The maximum atomic E-state index is 13.3. The van der Waals surface area contributed by atoms with E-state index in [1.807, 2.05) is 13.0 Å². The van der Waals surface area contributed by atoms with Crippen LogP contribution in [0.3, 0.4) is 0 Å². The minimum Gasteiger partial charge on any atom is -0.496 e. The summed E-state index contributed by atoms with van der Waals surface area (Å²) in [5.41, 5.74) is 1.96. The van der Waals surface area contributed by atoms with E-state index in [0.29, 0.717) is 16.9 Å². The van der Waals surface area contributed by atoms with E-state index < -0.39 is 11.9 Å². The molecule has 2 heterocycles. The molecule has 2 aromatic rings. The van der Waals surface area contributed by atoms with E-state index >= 15 is 0 Å². The van der Waals surface area contributed by atoms with E-state index in [-0.39, 0.29) is 6.10 Å². The van der Waals surface area contributed by atoms with Crippen molar-refractivity contribution < 1.29 is 19.0 Å². The molecule has 1 aliphatic rings. The van der Waals surface area contributed by atoms with Crippen LogP contribution in [-0.4, -0.2) is 23.3 Å². The van der Waals surface area contributed by atoms with Crippen molar-refractivity contribution in [2.45, 2.75) is 25.6 Å². The van der Waals surface area contributed by atoms with Crippen LogP contribution in [0.5, 0.6) is 11.5 Å². The number of pyridine rings is 1. The largest absolute Gasteiger partial charge is 0.496 e. The number of ether oxygens (including phenoxy) is 2. The number of aromatic nitrogens is 1. The van der Waals surface area contributed by atoms with Crippen molar-refractivity contribution in [2.75, 3.05) is 7.11 Å². The van der Waals surface area contributed by atoms with E-state index in [9.17, 15) is 9.50 Å². The average Bonchev–Trinajstić information content (AvgIpc) is 2.84. The highest BCUT2D eigenvalue weighted by Crippen LogP contribution is 2.39. The lowest BCUT2D eigenvalue weighted by atomic mass is 9.99. The highest BCUT2D eigenvalue weighted by molar-refractivity contribution is 5.51. The van der Waals surface area contributed by atoms with Crippen LogP contribution in [0.15, 0.2) is 30.6 Å². The third kappa shape index (κ3) is 2.56. The smallest absolute Gasteiger partial charge is 0.141 e.